The molecule has 4 heteroatoms. The van der Waals surface area contributed by atoms with Crippen molar-refractivity contribution in [3.8, 4) is 0 Å². The van der Waals surface area contributed by atoms with Gasteiger partial charge in [0.05, 0.1) is 17.8 Å². The van der Waals surface area contributed by atoms with Crippen LogP contribution in [0.25, 0.3) is 0 Å². The van der Waals surface area contributed by atoms with Gasteiger partial charge in [0.15, 0.2) is 0 Å². The highest BCUT2D eigenvalue weighted by molar-refractivity contribution is 7.99. The Morgan fingerprint density at radius 3 is 2.48 bits per heavy atom. The number of hydrogen-bond acceptors (Lipinski definition) is 4. The summed E-state index contributed by atoms with van der Waals surface area (Å²) in [4.78, 5) is 0. The van der Waals surface area contributed by atoms with Crippen LogP contribution in [0.15, 0.2) is 0 Å². The summed E-state index contributed by atoms with van der Waals surface area (Å²) in [5.74, 6) is 4.16. The summed E-state index contributed by atoms with van der Waals surface area (Å²) in [7, 11) is 0. The standard InChI is InChI=1S/C17H31NO2S/c1-11-12(2)20-13(3)15(11)16(18)14-4-7-19-17(10-14)5-8-21-9-6-17/h11-16H,4-10,18H2,1-3H3. The van der Waals surface area contributed by atoms with Gasteiger partial charge in [0, 0.05) is 18.6 Å². The van der Waals surface area contributed by atoms with E-state index in [1.807, 2.05) is 0 Å². The molecule has 0 bridgehead atoms. The van der Waals surface area contributed by atoms with Gasteiger partial charge in [0.1, 0.15) is 0 Å². The van der Waals surface area contributed by atoms with Gasteiger partial charge in [-0.25, -0.2) is 0 Å². The summed E-state index contributed by atoms with van der Waals surface area (Å²) >= 11 is 2.07. The minimum atomic E-state index is 0.142. The van der Waals surface area contributed by atoms with E-state index >= 15 is 0 Å². The van der Waals surface area contributed by atoms with E-state index < -0.39 is 0 Å². The molecule has 122 valence electrons. The molecule has 3 aliphatic rings. The molecule has 3 fully saturated rings. The lowest BCUT2D eigenvalue weighted by Gasteiger charge is -2.46. The van der Waals surface area contributed by atoms with Crippen LogP contribution in [-0.4, -0.2) is 42.0 Å². The van der Waals surface area contributed by atoms with E-state index in [-0.39, 0.29) is 11.6 Å². The quantitative estimate of drug-likeness (QED) is 0.851. The summed E-state index contributed by atoms with van der Waals surface area (Å²) in [5.41, 5.74) is 6.89. The normalized spacial score (nSPS) is 44.9. The monoisotopic (exact) mass is 313 g/mol. The highest BCUT2D eigenvalue weighted by Gasteiger charge is 2.46. The van der Waals surface area contributed by atoms with Crippen LogP contribution in [-0.2, 0) is 9.47 Å². The third-order valence-corrected chi connectivity index (χ3v) is 7.23. The van der Waals surface area contributed by atoms with Gasteiger partial charge in [-0.1, -0.05) is 6.92 Å². The number of rotatable bonds is 2. The van der Waals surface area contributed by atoms with Crippen molar-refractivity contribution in [1.29, 1.82) is 0 Å². The van der Waals surface area contributed by atoms with E-state index in [0.29, 0.717) is 30.0 Å². The van der Waals surface area contributed by atoms with Gasteiger partial charge in [-0.3, -0.25) is 0 Å². The minimum absolute atomic E-state index is 0.142. The average Bonchev–Trinajstić information content (AvgIpc) is 2.72. The molecule has 3 rings (SSSR count). The lowest BCUT2D eigenvalue weighted by atomic mass is 9.72. The lowest BCUT2D eigenvalue weighted by Crippen LogP contribution is -2.51. The fraction of sp³-hybridized carbons (Fsp3) is 1.00. The van der Waals surface area contributed by atoms with Crippen molar-refractivity contribution < 1.29 is 9.47 Å². The van der Waals surface area contributed by atoms with Crippen molar-refractivity contribution in [2.45, 2.75) is 70.3 Å². The second-order valence-electron chi connectivity index (χ2n) is 7.46. The first-order valence-electron chi connectivity index (χ1n) is 8.65. The van der Waals surface area contributed by atoms with Gasteiger partial charge < -0.3 is 15.2 Å². The molecule has 1 spiro atoms. The predicted octanol–water partition coefficient (Wildman–Crippen LogP) is 3.07. The van der Waals surface area contributed by atoms with E-state index in [9.17, 15) is 0 Å². The lowest BCUT2D eigenvalue weighted by molar-refractivity contribution is -0.109. The maximum Gasteiger partial charge on any atom is 0.0701 e. The van der Waals surface area contributed by atoms with E-state index in [0.717, 1.165) is 13.0 Å². The van der Waals surface area contributed by atoms with Crippen LogP contribution in [0.5, 0.6) is 0 Å². The molecule has 0 aliphatic carbocycles. The van der Waals surface area contributed by atoms with Crippen LogP contribution in [0, 0.1) is 17.8 Å². The minimum Gasteiger partial charge on any atom is -0.375 e. The summed E-state index contributed by atoms with van der Waals surface area (Å²) < 4.78 is 12.2. The molecule has 0 radical (unpaired) electrons. The summed E-state index contributed by atoms with van der Waals surface area (Å²) in [6, 6.07) is 0.260. The maximum atomic E-state index is 6.75. The molecule has 2 N–H and O–H groups in total. The van der Waals surface area contributed by atoms with Gasteiger partial charge in [0.25, 0.3) is 0 Å². The van der Waals surface area contributed by atoms with Crippen LogP contribution in [0.2, 0.25) is 0 Å². The predicted molar refractivity (Wildman–Crippen MR) is 88.6 cm³/mol. The van der Waals surface area contributed by atoms with Crippen LogP contribution < -0.4 is 5.73 Å². The first kappa shape index (κ1) is 16.1. The zero-order chi connectivity index (χ0) is 15.0. The Morgan fingerprint density at radius 2 is 1.86 bits per heavy atom. The highest BCUT2D eigenvalue weighted by Crippen LogP contribution is 2.44. The molecule has 0 saturated carbocycles. The van der Waals surface area contributed by atoms with E-state index in [1.54, 1.807) is 0 Å². The molecule has 3 aliphatic heterocycles. The third kappa shape index (κ3) is 3.15. The fourth-order valence-electron chi connectivity index (χ4n) is 4.76. The smallest absolute Gasteiger partial charge is 0.0701 e. The van der Waals surface area contributed by atoms with E-state index in [1.165, 1.54) is 30.8 Å². The Bertz CT molecular complexity index is 353. The van der Waals surface area contributed by atoms with Crippen molar-refractivity contribution in [1.82, 2.24) is 0 Å². The van der Waals surface area contributed by atoms with Crippen LogP contribution in [0.4, 0.5) is 0 Å². The summed E-state index contributed by atoms with van der Waals surface area (Å²) in [5, 5.41) is 0. The Hall–Kier alpha value is 0.230. The zero-order valence-electron chi connectivity index (χ0n) is 13.7. The first-order valence-corrected chi connectivity index (χ1v) is 9.81. The van der Waals surface area contributed by atoms with Crippen LogP contribution >= 0.6 is 11.8 Å². The average molecular weight is 314 g/mol. The molecule has 0 aromatic heterocycles. The number of ether oxygens (including phenoxy) is 2. The topological polar surface area (TPSA) is 44.5 Å². The molecule has 6 unspecified atom stereocenters. The third-order valence-electron chi connectivity index (χ3n) is 6.24. The number of nitrogens with two attached hydrogens (primary N) is 1. The molecule has 3 saturated heterocycles. The van der Waals surface area contributed by atoms with Gasteiger partial charge >= 0.3 is 0 Å². The van der Waals surface area contributed by atoms with Crippen LogP contribution in [0.1, 0.15) is 46.5 Å². The SMILES string of the molecule is CC1OC(C)C(C(N)C2CCOC3(CCSCC3)C2)C1C. The number of thioether (sulfide) groups is 1. The maximum absolute atomic E-state index is 6.75. The molecular formula is C17H31NO2S. The van der Waals surface area contributed by atoms with E-state index in [2.05, 4.69) is 32.5 Å². The summed E-state index contributed by atoms with van der Waals surface area (Å²) in [6.07, 6.45) is 5.36. The Labute approximate surface area is 133 Å². The van der Waals surface area contributed by atoms with Crippen molar-refractivity contribution in [2.24, 2.45) is 23.5 Å². The largest absolute Gasteiger partial charge is 0.375 e. The Kier molecular flexibility index (Phi) is 4.90. The Morgan fingerprint density at radius 1 is 1.14 bits per heavy atom. The fourth-order valence-corrected chi connectivity index (χ4v) is 5.99. The highest BCUT2D eigenvalue weighted by atomic mass is 32.2. The van der Waals surface area contributed by atoms with Crippen molar-refractivity contribution >= 4 is 11.8 Å². The molecular weight excluding hydrogens is 282 g/mol. The van der Waals surface area contributed by atoms with Crippen molar-refractivity contribution in [3.05, 3.63) is 0 Å². The van der Waals surface area contributed by atoms with Crippen LogP contribution in [0.3, 0.4) is 0 Å². The van der Waals surface area contributed by atoms with Crippen molar-refractivity contribution in [2.75, 3.05) is 18.1 Å². The molecule has 3 heterocycles. The van der Waals surface area contributed by atoms with Gasteiger partial charge in [-0.15, -0.1) is 0 Å². The number of hydrogen-bond donors (Lipinski definition) is 1. The molecule has 0 aromatic carbocycles. The second-order valence-corrected chi connectivity index (χ2v) is 8.68. The molecule has 0 amide bonds. The second kappa shape index (κ2) is 6.38. The zero-order valence-corrected chi connectivity index (χ0v) is 14.5. The van der Waals surface area contributed by atoms with E-state index in [4.69, 9.17) is 15.2 Å². The Balaban J connectivity index is 1.68. The first-order chi connectivity index (χ1) is 10.0. The molecule has 3 nitrogen and oxygen atoms in total. The summed E-state index contributed by atoms with van der Waals surface area (Å²) in [6.45, 7) is 7.61. The van der Waals surface area contributed by atoms with Gasteiger partial charge in [0.2, 0.25) is 0 Å². The van der Waals surface area contributed by atoms with Gasteiger partial charge in [-0.05, 0) is 62.9 Å². The van der Waals surface area contributed by atoms with Crippen molar-refractivity contribution in [3.63, 3.8) is 0 Å². The molecule has 6 atom stereocenters. The molecule has 0 aromatic rings. The van der Waals surface area contributed by atoms with Gasteiger partial charge in [-0.2, -0.15) is 11.8 Å². The molecule has 21 heavy (non-hydrogen) atoms.